The van der Waals surface area contributed by atoms with E-state index in [0.717, 1.165) is 11.6 Å². The van der Waals surface area contributed by atoms with Crippen LogP contribution in [0.1, 0.15) is 50.0 Å². The first kappa shape index (κ1) is 17.9. The maximum Gasteiger partial charge on any atom is 0.252 e. The van der Waals surface area contributed by atoms with Gasteiger partial charge in [-0.25, -0.2) is 9.37 Å². The van der Waals surface area contributed by atoms with E-state index in [9.17, 15) is 9.18 Å². The molecule has 9 heteroatoms. The molecule has 0 saturated carbocycles. The summed E-state index contributed by atoms with van der Waals surface area (Å²) in [5, 5.41) is 18.6. The average molecular weight is 425 g/mol. The van der Waals surface area contributed by atoms with Crippen LogP contribution in [0.4, 0.5) is 10.2 Å². The number of halogens is 1. The average Bonchev–Trinajstić information content (AvgIpc) is 3.21. The van der Waals surface area contributed by atoms with Gasteiger partial charge >= 0.3 is 0 Å². The van der Waals surface area contributed by atoms with Gasteiger partial charge in [0, 0.05) is 35.5 Å². The molecule has 2 heterocycles. The lowest BCUT2D eigenvalue weighted by Crippen LogP contribution is -2.25. The molecule has 3 aromatic rings. The normalized spacial score (nSPS) is 13.3. The lowest BCUT2D eigenvalue weighted by Gasteiger charge is -2.20. The minimum absolute atomic E-state index is 0.131. The van der Waals surface area contributed by atoms with E-state index in [-0.39, 0.29) is 23.5 Å². The molecule has 0 spiro atoms. The summed E-state index contributed by atoms with van der Waals surface area (Å²) in [5.41, 5.74) is 1.40. The Bertz CT molecular complexity index is 1250. The molecule has 0 fully saturated rings. The number of amides is 1. The first-order valence-electron chi connectivity index (χ1n) is 10.9. The lowest BCUT2D eigenvalue weighted by molar-refractivity contribution is 0.0945. The Labute approximate surface area is 183 Å². The van der Waals surface area contributed by atoms with Gasteiger partial charge in [-0.05, 0) is 49.7 Å². The topological polar surface area (TPSA) is 105 Å². The Morgan fingerprint density at radius 3 is 2.90 bits per heavy atom. The molecule has 1 amide bonds. The number of nitrogens with one attached hydrogen (secondary N) is 2. The van der Waals surface area contributed by atoms with Crippen molar-refractivity contribution in [3.05, 3.63) is 70.4 Å². The van der Waals surface area contributed by atoms with Gasteiger partial charge in [-0.3, -0.25) is 9.48 Å². The Hall–Kier alpha value is -3.93. The number of anilines is 1. The molecule has 160 valence electrons. The number of ether oxygens (including phenoxy) is 1. The monoisotopic (exact) mass is 425 g/mol. The summed E-state index contributed by atoms with van der Waals surface area (Å²) in [4.78, 5) is 17.2. The number of nitrogens with zero attached hydrogens (tertiary/aromatic N) is 4. The number of pyridine rings is 1. The molecule has 0 radical (unpaired) electrons. The first-order valence-corrected chi connectivity index (χ1v) is 9.41. The molecule has 0 saturated heterocycles. The molecule has 31 heavy (non-hydrogen) atoms. The molecular formula is C22H23FN6O2. The molecule has 1 atom stereocenters. The van der Waals surface area contributed by atoms with Crippen LogP contribution in [0.2, 0.25) is 0 Å². The minimum Gasteiger partial charge on any atom is -0.482 e. The molecule has 0 unspecified atom stereocenters. The van der Waals surface area contributed by atoms with Gasteiger partial charge in [0.15, 0.2) is 11.6 Å². The summed E-state index contributed by atoms with van der Waals surface area (Å²) < 4.78 is 43.0. The number of aromatic nitrogens is 3. The van der Waals surface area contributed by atoms with Crippen molar-refractivity contribution in [2.75, 3.05) is 12.4 Å². The van der Waals surface area contributed by atoms with E-state index in [1.165, 1.54) is 18.2 Å². The van der Waals surface area contributed by atoms with Gasteiger partial charge < -0.3 is 15.4 Å². The Morgan fingerprint density at radius 2 is 2.23 bits per heavy atom. The third-order valence-corrected chi connectivity index (χ3v) is 4.53. The van der Waals surface area contributed by atoms with E-state index < -0.39 is 24.8 Å². The van der Waals surface area contributed by atoms with Crippen LogP contribution in [0.25, 0.3) is 0 Å². The second kappa shape index (κ2) is 9.26. The number of aryl methyl sites for hydroxylation is 2. The summed E-state index contributed by atoms with van der Waals surface area (Å²) in [6.45, 7) is 0.788. The second-order valence-corrected chi connectivity index (χ2v) is 6.83. The van der Waals surface area contributed by atoms with Crippen LogP contribution >= 0.6 is 0 Å². The molecule has 2 aromatic heterocycles. The SMILES string of the molecule is [2H]C([2H])([2H])n1nc(CNC(=O)c2ccc(F)cc2[C@@H](C)Oc2cc(C)cnc2NC)cc1C#N. The fourth-order valence-corrected chi connectivity index (χ4v) is 3.01. The van der Waals surface area contributed by atoms with Crippen molar-refractivity contribution in [1.82, 2.24) is 20.1 Å². The van der Waals surface area contributed by atoms with Gasteiger partial charge in [-0.1, -0.05) is 0 Å². The van der Waals surface area contributed by atoms with Gasteiger partial charge in [0.05, 0.1) is 12.2 Å². The van der Waals surface area contributed by atoms with Crippen LogP contribution in [0.5, 0.6) is 5.75 Å². The van der Waals surface area contributed by atoms with E-state index >= 15 is 0 Å². The highest BCUT2D eigenvalue weighted by molar-refractivity contribution is 5.95. The Kier molecular flexibility index (Phi) is 5.34. The van der Waals surface area contributed by atoms with Crippen molar-refractivity contribution in [3.8, 4) is 11.8 Å². The van der Waals surface area contributed by atoms with Crippen molar-refractivity contribution in [2.24, 2.45) is 6.98 Å². The number of nitriles is 1. The fraction of sp³-hybridized carbons (Fsp3) is 0.273. The summed E-state index contributed by atoms with van der Waals surface area (Å²) in [6, 6.07) is 8.56. The first-order chi connectivity index (χ1) is 16.0. The molecule has 8 nitrogen and oxygen atoms in total. The number of carbonyl (C=O) groups is 1. The third-order valence-electron chi connectivity index (χ3n) is 4.53. The predicted molar refractivity (Wildman–Crippen MR) is 113 cm³/mol. The van der Waals surface area contributed by atoms with Crippen molar-refractivity contribution >= 4 is 11.7 Å². The number of benzene rings is 1. The predicted octanol–water partition coefficient (Wildman–Crippen LogP) is 3.25. The lowest BCUT2D eigenvalue weighted by atomic mass is 10.0. The maximum atomic E-state index is 14.1. The van der Waals surface area contributed by atoms with Gasteiger partial charge in [-0.15, -0.1) is 0 Å². The highest BCUT2D eigenvalue weighted by Gasteiger charge is 2.20. The number of rotatable bonds is 7. The maximum absolute atomic E-state index is 14.1. The highest BCUT2D eigenvalue weighted by Crippen LogP contribution is 2.30. The highest BCUT2D eigenvalue weighted by atomic mass is 19.1. The molecule has 3 rings (SSSR count). The summed E-state index contributed by atoms with van der Waals surface area (Å²) in [6.07, 6.45) is 0.975. The van der Waals surface area contributed by atoms with Crippen LogP contribution in [0, 0.1) is 24.1 Å². The summed E-state index contributed by atoms with van der Waals surface area (Å²) in [7, 11) is 1.70. The number of carbonyl (C=O) groups excluding carboxylic acids is 1. The molecule has 0 aliphatic carbocycles. The van der Waals surface area contributed by atoms with E-state index in [4.69, 9.17) is 14.1 Å². The van der Waals surface area contributed by atoms with E-state index in [2.05, 4.69) is 20.7 Å². The zero-order valence-corrected chi connectivity index (χ0v) is 17.2. The van der Waals surface area contributed by atoms with Crippen molar-refractivity contribution in [3.63, 3.8) is 0 Å². The van der Waals surface area contributed by atoms with Gasteiger partial charge in [0.2, 0.25) is 0 Å². The standard InChI is InChI=1S/C22H23FN6O2/c1-13-7-20(21(25-3)26-11-13)31-14(2)19-8-15(23)5-6-18(19)22(30)27-12-16-9-17(10-24)29(4)28-16/h5-9,11,14H,12H2,1-4H3,(H,25,26)(H,27,30)/t14-/m1/s1/i4D3. The third kappa shape index (κ3) is 4.98. The molecule has 2 N–H and O–H groups in total. The van der Waals surface area contributed by atoms with Gasteiger partial charge in [0.1, 0.15) is 23.7 Å². The van der Waals surface area contributed by atoms with E-state index in [1.807, 2.05) is 6.92 Å². The van der Waals surface area contributed by atoms with E-state index in [1.54, 1.807) is 32.3 Å². The second-order valence-electron chi connectivity index (χ2n) is 6.83. The zero-order chi connectivity index (χ0) is 25.0. The fourth-order valence-electron chi connectivity index (χ4n) is 3.01. The van der Waals surface area contributed by atoms with Crippen LogP contribution < -0.4 is 15.4 Å². The van der Waals surface area contributed by atoms with Crippen molar-refractivity contribution < 1.29 is 18.0 Å². The van der Waals surface area contributed by atoms with E-state index in [0.29, 0.717) is 21.8 Å². The van der Waals surface area contributed by atoms with Crippen LogP contribution in [0.3, 0.4) is 0 Å². The van der Waals surface area contributed by atoms with Gasteiger partial charge in [0.25, 0.3) is 5.91 Å². The summed E-state index contributed by atoms with van der Waals surface area (Å²) in [5.74, 6) is -0.125. The smallest absolute Gasteiger partial charge is 0.252 e. The zero-order valence-electron chi connectivity index (χ0n) is 20.2. The quantitative estimate of drug-likeness (QED) is 0.602. The van der Waals surface area contributed by atoms with Crippen molar-refractivity contribution in [2.45, 2.75) is 26.5 Å². The van der Waals surface area contributed by atoms with Gasteiger partial charge in [-0.2, -0.15) is 10.4 Å². The molecule has 1 aromatic carbocycles. The molecule has 0 bridgehead atoms. The minimum atomic E-state index is -2.62. The Morgan fingerprint density at radius 1 is 1.42 bits per heavy atom. The largest absolute Gasteiger partial charge is 0.482 e. The molecule has 0 aliphatic heterocycles. The Balaban J connectivity index is 1.82. The molecular weight excluding hydrogens is 399 g/mol. The molecule has 0 aliphatic rings. The van der Waals surface area contributed by atoms with Crippen LogP contribution in [-0.2, 0) is 13.5 Å². The van der Waals surface area contributed by atoms with Crippen LogP contribution in [0.15, 0.2) is 36.5 Å². The van der Waals surface area contributed by atoms with Crippen LogP contribution in [-0.4, -0.2) is 27.7 Å². The summed E-state index contributed by atoms with van der Waals surface area (Å²) >= 11 is 0. The number of hydrogen-bond acceptors (Lipinski definition) is 6. The van der Waals surface area contributed by atoms with Crippen molar-refractivity contribution in [1.29, 1.82) is 5.26 Å². The number of hydrogen-bond donors (Lipinski definition) is 2.